The third-order valence-corrected chi connectivity index (χ3v) is 4.82. The van der Waals surface area contributed by atoms with Crippen molar-refractivity contribution in [2.24, 2.45) is 0 Å². The highest BCUT2D eigenvalue weighted by Gasteiger charge is 2.13. The van der Waals surface area contributed by atoms with Gasteiger partial charge in [-0.05, 0) is 48.7 Å². The van der Waals surface area contributed by atoms with E-state index in [4.69, 9.17) is 11.6 Å². The van der Waals surface area contributed by atoms with Crippen molar-refractivity contribution in [2.75, 3.05) is 11.0 Å². The van der Waals surface area contributed by atoms with Gasteiger partial charge in [-0.25, -0.2) is 8.42 Å². The molecule has 0 unspecified atom stereocenters. The molecule has 0 radical (unpaired) electrons. The van der Waals surface area contributed by atoms with E-state index in [2.05, 4.69) is 4.72 Å². The van der Waals surface area contributed by atoms with E-state index in [1.54, 1.807) is 36.0 Å². The van der Waals surface area contributed by atoms with Crippen molar-refractivity contribution >= 4 is 39.1 Å². The maximum Gasteiger partial charge on any atom is 0.261 e. The Morgan fingerprint density at radius 3 is 2.42 bits per heavy atom. The molecule has 2 aromatic carbocycles. The number of halogens is 1. The second kappa shape index (κ2) is 5.86. The quantitative estimate of drug-likeness (QED) is 0.872. The van der Waals surface area contributed by atoms with Gasteiger partial charge in [0.25, 0.3) is 10.0 Å². The molecule has 0 aliphatic heterocycles. The molecule has 0 fully saturated rings. The molecule has 0 spiro atoms. The van der Waals surface area contributed by atoms with Crippen LogP contribution < -0.4 is 4.72 Å². The van der Waals surface area contributed by atoms with Crippen LogP contribution in [0.1, 0.15) is 0 Å². The fourth-order valence-electron chi connectivity index (χ4n) is 1.51. The van der Waals surface area contributed by atoms with Crippen molar-refractivity contribution in [1.82, 2.24) is 0 Å². The van der Waals surface area contributed by atoms with Gasteiger partial charge in [-0.1, -0.05) is 17.7 Å². The van der Waals surface area contributed by atoms with Crippen LogP contribution in [0.4, 0.5) is 5.69 Å². The number of hydrogen-bond acceptors (Lipinski definition) is 3. The van der Waals surface area contributed by atoms with E-state index in [-0.39, 0.29) is 4.90 Å². The predicted octanol–water partition coefficient (Wildman–Crippen LogP) is 3.86. The molecule has 0 bridgehead atoms. The third kappa shape index (κ3) is 3.65. The normalized spacial score (nSPS) is 11.3. The average Bonchev–Trinajstić information content (AvgIpc) is 2.39. The van der Waals surface area contributed by atoms with Gasteiger partial charge in [0, 0.05) is 15.6 Å². The summed E-state index contributed by atoms with van der Waals surface area (Å²) in [6.45, 7) is 0. The summed E-state index contributed by atoms with van der Waals surface area (Å²) in [5, 5.41) is 0.503. The molecule has 100 valence electrons. The molecule has 0 aromatic heterocycles. The molecular weight excluding hydrogens is 302 g/mol. The van der Waals surface area contributed by atoms with Crippen LogP contribution in [0, 0.1) is 0 Å². The zero-order valence-corrected chi connectivity index (χ0v) is 12.5. The molecule has 0 saturated carbocycles. The molecule has 0 saturated heterocycles. The lowest BCUT2D eigenvalue weighted by atomic mass is 10.3. The molecule has 3 nitrogen and oxygen atoms in total. The van der Waals surface area contributed by atoms with E-state index in [0.717, 1.165) is 4.90 Å². The minimum atomic E-state index is -3.57. The van der Waals surface area contributed by atoms with Gasteiger partial charge in [-0.3, -0.25) is 4.72 Å². The van der Waals surface area contributed by atoms with Gasteiger partial charge in [0.1, 0.15) is 0 Å². The fraction of sp³-hybridized carbons (Fsp3) is 0.0769. The summed E-state index contributed by atoms with van der Waals surface area (Å²) in [4.78, 5) is 1.18. The van der Waals surface area contributed by atoms with Gasteiger partial charge in [0.2, 0.25) is 0 Å². The summed E-state index contributed by atoms with van der Waals surface area (Å²) >= 11 is 7.30. The summed E-state index contributed by atoms with van der Waals surface area (Å²) in [5.74, 6) is 0. The Balaban J connectivity index is 2.28. The first-order valence-electron chi connectivity index (χ1n) is 5.44. The zero-order valence-electron chi connectivity index (χ0n) is 10.1. The monoisotopic (exact) mass is 313 g/mol. The van der Waals surface area contributed by atoms with E-state index >= 15 is 0 Å². The van der Waals surface area contributed by atoms with Gasteiger partial charge in [-0.15, -0.1) is 11.8 Å². The van der Waals surface area contributed by atoms with Crippen molar-refractivity contribution in [2.45, 2.75) is 9.79 Å². The van der Waals surface area contributed by atoms with Crippen LogP contribution in [0.25, 0.3) is 0 Å². The molecule has 0 atom stereocenters. The standard InChI is InChI=1S/C13H12ClNO2S2/c1-18-12-4-2-3-11(9-12)15-19(16,17)13-7-5-10(14)6-8-13/h2-9,15H,1H3. The van der Waals surface area contributed by atoms with Gasteiger partial charge < -0.3 is 0 Å². The maximum atomic E-state index is 12.2. The van der Waals surface area contributed by atoms with Crippen molar-refractivity contribution < 1.29 is 8.42 Å². The van der Waals surface area contributed by atoms with E-state index in [1.165, 1.54) is 12.1 Å². The second-order valence-corrected chi connectivity index (χ2v) is 6.79. The van der Waals surface area contributed by atoms with Gasteiger partial charge in [0.05, 0.1) is 4.90 Å². The molecule has 0 aliphatic rings. The lowest BCUT2D eigenvalue weighted by molar-refractivity contribution is 0.601. The Hall–Kier alpha value is -1.17. The first-order chi connectivity index (χ1) is 9.01. The lowest BCUT2D eigenvalue weighted by Crippen LogP contribution is -2.12. The summed E-state index contributed by atoms with van der Waals surface area (Å²) in [5.41, 5.74) is 0.543. The van der Waals surface area contributed by atoms with Gasteiger partial charge >= 0.3 is 0 Å². The van der Waals surface area contributed by atoms with E-state index < -0.39 is 10.0 Å². The fourth-order valence-corrected chi connectivity index (χ4v) is 3.15. The molecule has 2 rings (SSSR count). The summed E-state index contributed by atoms with van der Waals surface area (Å²) in [6, 6.07) is 13.3. The smallest absolute Gasteiger partial charge is 0.261 e. The van der Waals surface area contributed by atoms with Crippen LogP contribution >= 0.6 is 23.4 Å². The summed E-state index contributed by atoms with van der Waals surface area (Å²) in [6.07, 6.45) is 1.94. The average molecular weight is 314 g/mol. The maximum absolute atomic E-state index is 12.2. The number of thioether (sulfide) groups is 1. The topological polar surface area (TPSA) is 46.2 Å². The van der Waals surface area contributed by atoms with Gasteiger partial charge in [-0.2, -0.15) is 0 Å². The Bertz CT molecular complexity index is 669. The summed E-state index contributed by atoms with van der Waals surface area (Å²) < 4.78 is 26.8. The number of hydrogen-bond donors (Lipinski definition) is 1. The van der Waals surface area contributed by atoms with Crippen LogP contribution in [0.5, 0.6) is 0 Å². The Morgan fingerprint density at radius 1 is 1.11 bits per heavy atom. The molecule has 0 amide bonds. The Kier molecular flexibility index (Phi) is 4.39. The largest absolute Gasteiger partial charge is 0.280 e. The first kappa shape index (κ1) is 14.2. The van der Waals surface area contributed by atoms with Crippen molar-refractivity contribution in [3.05, 3.63) is 53.6 Å². The number of rotatable bonds is 4. The Morgan fingerprint density at radius 2 is 1.79 bits per heavy atom. The van der Waals surface area contributed by atoms with Crippen LogP contribution in [0.15, 0.2) is 58.3 Å². The number of nitrogens with one attached hydrogen (secondary N) is 1. The molecule has 2 aromatic rings. The van der Waals surface area contributed by atoms with E-state index in [0.29, 0.717) is 10.7 Å². The second-order valence-electron chi connectivity index (χ2n) is 3.79. The van der Waals surface area contributed by atoms with Crippen molar-refractivity contribution in [3.8, 4) is 0 Å². The molecule has 1 N–H and O–H groups in total. The van der Waals surface area contributed by atoms with Crippen LogP contribution in [0.2, 0.25) is 5.02 Å². The highest BCUT2D eigenvalue weighted by molar-refractivity contribution is 7.98. The first-order valence-corrected chi connectivity index (χ1v) is 8.52. The number of anilines is 1. The minimum Gasteiger partial charge on any atom is -0.280 e. The SMILES string of the molecule is CSc1cccc(NS(=O)(=O)c2ccc(Cl)cc2)c1. The van der Waals surface area contributed by atoms with E-state index in [9.17, 15) is 8.42 Å². The molecule has 6 heteroatoms. The van der Waals surface area contributed by atoms with Crippen molar-refractivity contribution in [1.29, 1.82) is 0 Å². The highest BCUT2D eigenvalue weighted by atomic mass is 35.5. The third-order valence-electron chi connectivity index (χ3n) is 2.45. The predicted molar refractivity (Wildman–Crippen MR) is 80.5 cm³/mol. The van der Waals surface area contributed by atoms with E-state index in [1.807, 2.05) is 18.4 Å². The molecule has 0 aliphatic carbocycles. The number of benzene rings is 2. The lowest BCUT2D eigenvalue weighted by Gasteiger charge is -2.09. The molecule has 0 heterocycles. The zero-order chi connectivity index (χ0) is 13.9. The van der Waals surface area contributed by atoms with Crippen LogP contribution in [-0.4, -0.2) is 14.7 Å². The van der Waals surface area contributed by atoms with Gasteiger partial charge in [0.15, 0.2) is 0 Å². The highest BCUT2D eigenvalue weighted by Crippen LogP contribution is 2.22. The molecular formula is C13H12ClNO2S2. The number of sulfonamides is 1. The Labute approximate surface area is 122 Å². The van der Waals surface area contributed by atoms with Crippen LogP contribution in [-0.2, 0) is 10.0 Å². The summed E-state index contributed by atoms with van der Waals surface area (Å²) in [7, 11) is -3.57. The van der Waals surface area contributed by atoms with Crippen LogP contribution in [0.3, 0.4) is 0 Å². The minimum absolute atomic E-state index is 0.187. The molecule has 19 heavy (non-hydrogen) atoms. The van der Waals surface area contributed by atoms with Crippen molar-refractivity contribution in [3.63, 3.8) is 0 Å².